The molecule has 5 nitrogen and oxygen atoms in total. The average molecular weight is 453 g/mol. The van der Waals surface area contributed by atoms with E-state index >= 15 is 0 Å². The van der Waals surface area contributed by atoms with Crippen molar-refractivity contribution >= 4 is 39.1 Å². The maximum atomic E-state index is 12.8. The average Bonchev–Trinajstić information content (AvgIpc) is 2.70. The maximum absolute atomic E-state index is 12.8. The molecule has 0 aliphatic rings. The van der Waals surface area contributed by atoms with E-state index in [-0.39, 0.29) is 17.9 Å². The second kappa shape index (κ2) is 9.39. The molecule has 0 spiro atoms. The predicted octanol–water partition coefficient (Wildman–Crippen LogP) is 5.74. The van der Waals surface area contributed by atoms with E-state index < -0.39 is 0 Å². The van der Waals surface area contributed by atoms with Crippen LogP contribution in [0.4, 0.5) is 11.4 Å². The highest BCUT2D eigenvalue weighted by Gasteiger charge is 2.15. The Morgan fingerprint density at radius 1 is 0.828 bits per heavy atom. The molecule has 0 radical (unpaired) electrons. The fourth-order valence-corrected chi connectivity index (χ4v) is 3.06. The highest BCUT2D eigenvalue weighted by Crippen LogP contribution is 2.25. The molecule has 148 valence electrons. The lowest BCUT2D eigenvalue weighted by Gasteiger charge is -2.15. The third-order valence-corrected chi connectivity index (χ3v) is 4.46. The van der Waals surface area contributed by atoms with E-state index in [9.17, 15) is 9.59 Å². The summed E-state index contributed by atoms with van der Waals surface area (Å²) in [6.45, 7) is 3.80. The van der Waals surface area contributed by atoms with E-state index in [2.05, 4.69) is 26.6 Å². The van der Waals surface area contributed by atoms with Crippen molar-refractivity contribution in [3.8, 4) is 5.75 Å². The maximum Gasteiger partial charge on any atom is 0.259 e. The standard InChI is InChI=1S/C23H21BrN2O3/c1-15(2)29-21-12-11-17(24)14-20(21)23(28)26-19-10-6-7-16(13-19)22(27)25-18-8-4-3-5-9-18/h3-15H,1-2H3,(H,25,27)(H,26,28). The smallest absolute Gasteiger partial charge is 0.259 e. The highest BCUT2D eigenvalue weighted by molar-refractivity contribution is 9.10. The number of hydrogen-bond donors (Lipinski definition) is 2. The number of rotatable bonds is 6. The summed E-state index contributed by atoms with van der Waals surface area (Å²) in [6, 6.07) is 21.3. The Morgan fingerprint density at radius 3 is 2.24 bits per heavy atom. The summed E-state index contributed by atoms with van der Waals surface area (Å²) < 4.78 is 6.51. The summed E-state index contributed by atoms with van der Waals surface area (Å²) in [7, 11) is 0. The van der Waals surface area contributed by atoms with E-state index in [0.717, 1.165) is 4.47 Å². The van der Waals surface area contributed by atoms with Crippen molar-refractivity contribution in [3.63, 3.8) is 0 Å². The van der Waals surface area contributed by atoms with Gasteiger partial charge in [-0.2, -0.15) is 0 Å². The van der Waals surface area contributed by atoms with Gasteiger partial charge in [-0.05, 0) is 62.4 Å². The highest BCUT2D eigenvalue weighted by atomic mass is 79.9. The Kier molecular flexibility index (Phi) is 6.67. The van der Waals surface area contributed by atoms with Crippen LogP contribution < -0.4 is 15.4 Å². The Hall–Kier alpha value is -3.12. The van der Waals surface area contributed by atoms with Gasteiger partial charge < -0.3 is 15.4 Å². The molecular weight excluding hydrogens is 432 g/mol. The molecule has 3 aromatic carbocycles. The van der Waals surface area contributed by atoms with Crippen LogP contribution in [0.1, 0.15) is 34.6 Å². The van der Waals surface area contributed by atoms with E-state index in [1.165, 1.54) is 0 Å². The number of hydrogen-bond acceptors (Lipinski definition) is 3. The third-order valence-electron chi connectivity index (χ3n) is 3.96. The lowest BCUT2D eigenvalue weighted by atomic mass is 10.1. The zero-order valence-corrected chi connectivity index (χ0v) is 17.7. The Bertz CT molecular complexity index is 1020. The lowest BCUT2D eigenvalue weighted by Crippen LogP contribution is -2.17. The van der Waals surface area contributed by atoms with Crippen LogP contribution in [-0.4, -0.2) is 17.9 Å². The van der Waals surface area contributed by atoms with Gasteiger partial charge in [-0.15, -0.1) is 0 Å². The molecule has 0 aromatic heterocycles. The van der Waals surface area contributed by atoms with Crippen molar-refractivity contribution in [1.82, 2.24) is 0 Å². The number of halogens is 1. The minimum absolute atomic E-state index is 0.0623. The largest absolute Gasteiger partial charge is 0.490 e. The van der Waals surface area contributed by atoms with E-state index in [4.69, 9.17) is 4.74 Å². The Balaban J connectivity index is 1.77. The molecule has 0 aliphatic heterocycles. The Morgan fingerprint density at radius 2 is 1.52 bits per heavy atom. The number of ether oxygens (including phenoxy) is 1. The van der Waals surface area contributed by atoms with Crippen molar-refractivity contribution in [3.05, 3.63) is 88.4 Å². The third kappa shape index (κ3) is 5.68. The van der Waals surface area contributed by atoms with Crippen LogP contribution in [0.15, 0.2) is 77.3 Å². The van der Waals surface area contributed by atoms with Gasteiger partial charge in [-0.3, -0.25) is 9.59 Å². The SMILES string of the molecule is CC(C)Oc1ccc(Br)cc1C(=O)Nc1cccc(C(=O)Nc2ccccc2)c1. The van der Waals surface area contributed by atoms with Crippen molar-refractivity contribution in [2.75, 3.05) is 10.6 Å². The number of anilines is 2. The first-order chi connectivity index (χ1) is 13.9. The van der Waals surface area contributed by atoms with Crippen LogP contribution in [0, 0.1) is 0 Å². The first-order valence-electron chi connectivity index (χ1n) is 9.16. The normalized spacial score (nSPS) is 10.5. The van der Waals surface area contributed by atoms with Crippen LogP contribution >= 0.6 is 15.9 Å². The number of benzene rings is 3. The molecule has 2 amide bonds. The molecule has 0 saturated heterocycles. The van der Waals surface area contributed by atoms with Gasteiger partial charge in [0.05, 0.1) is 11.7 Å². The lowest BCUT2D eigenvalue weighted by molar-refractivity contribution is 0.101. The van der Waals surface area contributed by atoms with Gasteiger partial charge in [0.15, 0.2) is 0 Å². The monoisotopic (exact) mass is 452 g/mol. The molecule has 0 aliphatic carbocycles. The topological polar surface area (TPSA) is 67.4 Å². The number of para-hydroxylation sites is 1. The molecule has 0 unspecified atom stereocenters. The number of carbonyl (C=O) groups excluding carboxylic acids is 2. The van der Waals surface area contributed by atoms with Crippen LogP contribution in [0.5, 0.6) is 5.75 Å². The second-order valence-electron chi connectivity index (χ2n) is 6.66. The van der Waals surface area contributed by atoms with E-state index in [0.29, 0.717) is 28.3 Å². The zero-order chi connectivity index (χ0) is 20.8. The second-order valence-corrected chi connectivity index (χ2v) is 7.58. The van der Waals surface area contributed by atoms with Crippen molar-refractivity contribution in [2.24, 2.45) is 0 Å². The van der Waals surface area contributed by atoms with Gasteiger partial charge in [0.2, 0.25) is 0 Å². The van der Waals surface area contributed by atoms with Crippen LogP contribution in [-0.2, 0) is 0 Å². The van der Waals surface area contributed by atoms with Crippen LogP contribution in [0.2, 0.25) is 0 Å². The molecule has 0 saturated carbocycles. The summed E-state index contributed by atoms with van der Waals surface area (Å²) in [5, 5.41) is 5.67. The Labute approximate surface area is 178 Å². The van der Waals surface area contributed by atoms with Crippen LogP contribution in [0.3, 0.4) is 0 Å². The number of amides is 2. The molecule has 0 heterocycles. The van der Waals surface area contributed by atoms with Gasteiger partial charge in [0, 0.05) is 21.4 Å². The summed E-state index contributed by atoms with van der Waals surface area (Å²) in [6.07, 6.45) is -0.0623. The molecule has 0 atom stereocenters. The summed E-state index contributed by atoms with van der Waals surface area (Å²) in [5.41, 5.74) is 2.08. The quantitative estimate of drug-likeness (QED) is 0.500. The van der Waals surface area contributed by atoms with Gasteiger partial charge in [-0.25, -0.2) is 0 Å². The summed E-state index contributed by atoms with van der Waals surface area (Å²) in [4.78, 5) is 25.3. The van der Waals surface area contributed by atoms with Crippen molar-refractivity contribution in [2.45, 2.75) is 20.0 Å². The molecule has 6 heteroatoms. The predicted molar refractivity (Wildman–Crippen MR) is 119 cm³/mol. The number of nitrogens with one attached hydrogen (secondary N) is 2. The fourth-order valence-electron chi connectivity index (χ4n) is 2.70. The van der Waals surface area contributed by atoms with Crippen molar-refractivity contribution < 1.29 is 14.3 Å². The number of carbonyl (C=O) groups is 2. The van der Waals surface area contributed by atoms with Gasteiger partial charge in [-0.1, -0.05) is 40.2 Å². The fraction of sp³-hybridized carbons (Fsp3) is 0.130. The molecule has 29 heavy (non-hydrogen) atoms. The molecular formula is C23H21BrN2O3. The van der Waals surface area contributed by atoms with E-state index in [1.807, 2.05) is 50.2 Å². The van der Waals surface area contributed by atoms with Gasteiger partial charge >= 0.3 is 0 Å². The first-order valence-corrected chi connectivity index (χ1v) is 9.95. The van der Waals surface area contributed by atoms with Crippen LogP contribution in [0.25, 0.3) is 0 Å². The first kappa shape index (κ1) is 20.6. The van der Waals surface area contributed by atoms with Gasteiger partial charge in [0.25, 0.3) is 11.8 Å². The molecule has 0 bridgehead atoms. The minimum Gasteiger partial charge on any atom is -0.490 e. The summed E-state index contributed by atoms with van der Waals surface area (Å²) in [5.74, 6) is -0.0696. The summed E-state index contributed by atoms with van der Waals surface area (Å²) >= 11 is 3.39. The minimum atomic E-state index is -0.317. The van der Waals surface area contributed by atoms with E-state index in [1.54, 1.807) is 36.4 Å². The molecule has 3 rings (SSSR count). The molecule has 2 N–H and O–H groups in total. The molecule has 0 fully saturated rings. The zero-order valence-electron chi connectivity index (χ0n) is 16.1. The van der Waals surface area contributed by atoms with Crippen molar-refractivity contribution in [1.29, 1.82) is 0 Å². The molecule has 3 aromatic rings. The van der Waals surface area contributed by atoms with Gasteiger partial charge in [0.1, 0.15) is 5.75 Å².